The number of halogens is 2. The van der Waals surface area contributed by atoms with E-state index in [2.05, 4.69) is 4.74 Å². The van der Waals surface area contributed by atoms with Gasteiger partial charge in [0.15, 0.2) is 17.3 Å². The summed E-state index contributed by atoms with van der Waals surface area (Å²) in [4.78, 5) is 11.3. The second-order valence-corrected chi connectivity index (χ2v) is 2.84. The molecule has 0 atom stereocenters. The molecule has 0 spiro atoms. The van der Waals surface area contributed by atoms with Gasteiger partial charge in [-0.05, 0) is 25.1 Å². The highest BCUT2D eigenvalue weighted by Crippen LogP contribution is 2.22. The van der Waals surface area contributed by atoms with Crippen molar-refractivity contribution in [3.05, 3.63) is 41.5 Å². The first-order valence-electron chi connectivity index (χ1n) is 4.30. The highest BCUT2D eigenvalue weighted by molar-refractivity contribution is 6.04. The molecule has 0 amide bonds. The van der Waals surface area contributed by atoms with Gasteiger partial charge in [-0.1, -0.05) is 6.08 Å². The van der Waals surface area contributed by atoms with Gasteiger partial charge in [0.25, 0.3) is 0 Å². The molecule has 1 aromatic rings. The molecule has 2 nitrogen and oxygen atoms in total. The van der Waals surface area contributed by atoms with Crippen LogP contribution in [0.4, 0.5) is 8.78 Å². The second kappa shape index (κ2) is 4.68. The van der Waals surface area contributed by atoms with Crippen molar-refractivity contribution in [1.29, 1.82) is 0 Å². The van der Waals surface area contributed by atoms with Crippen LogP contribution in [0.1, 0.15) is 17.3 Å². The van der Waals surface area contributed by atoms with Crippen LogP contribution in [0.3, 0.4) is 0 Å². The molecule has 0 radical (unpaired) electrons. The number of ketones is 1. The van der Waals surface area contributed by atoms with Gasteiger partial charge in [-0.15, -0.1) is 0 Å². The fourth-order valence-electron chi connectivity index (χ4n) is 1.10. The third-order valence-electron chi connectivity index (χ3n) is 1.82. The Labute approximate surface area is 86.2 Å². The van der Waals surface area contributed by atoms with E-state index in [-0.39, 0.29) is 11.3 Å². The number of carbonyl (C=O) groups is 1. The van der Waals surface area contributed by atoms with Crippen LogP contribution in [-0.2, 0) is 0 Å². The quantitative estimate of drug-likeness (QED) is 0.568. The first-order chi connectivity index (χ1) is 7.10. The van der Waals surface area contributed by atoms with Gasteiger partial charge in [-0.3, -0.25) is 4.79 Å². The standard InChI is InChI=1S/C11H10F2O2/c1-3-4-9(14)7-5-8(12)11(13)10(6-7)15-2/h3-6H,1-2H3/b4-3+. The van der Waals surface area contributed by atoms with Crippen molar-refractivity contribution >= 4 is 5.78 Å². The van der Waals surface area contributed by atoms with Crippen LogP contribution >= 0.6 is 0 Å². The topological polar surface area (TPSA) is 26.3 Å². The van der Waals surface area contributed by atoms with Crippen LogP contribution in [-0.4, -0.2) is 12.9 Å². The van der Waals surface area contributed by atoms with Crippen LogP contribution < -0.4 is 4.74 Å². The number of ether oxygens (including phenoxy) is 1. The Bertz CT molecular complexity index is 411. The zero-order chi connectivity index (χ0) is 11.4. The van der Waals surface area contributed by atoms with Gasteiger partial charge in [0, 0.05) is 5.56 Å². The SMILES string of the molecule is C/C=C/C(=O)c1cc(F)c(F)c(OC)c1. The van der Waals surface area contributed by atoms with Gasteiger partial charge in [0.1, 0.15) is 0 Å². The molecule has 0 fully saturated rings. The summed E-state index contributed by atoms with van der Waals surface area (Å²) in [5.74, 6) is -2.85. The normalized spacial score (nSPS) is 10.7. The predicted octanol–water partition coefficient (Wildman–Crippen LogP) is 2.73. The molecule has 0 unspecified atom stereocenters. The number of carbonyl (C=O) groups excluding carboxylic acids is 1. The second-order valence-electron chi connectivity index (χ2n) is 2.84. The molecule has 0 aliphatic carbocycles. The summed E-state index contributed by atoms with van der Waals surface area (Å²) in [6.07, 6.45) is 2.79. The smallest absolute Gasteiger partial charge is 0.200 e. The lowest BCUT2D eigenvalue weighted by Crippen LogP contribution is -2.00. The minimum atomic E-state index is -1.10. The zero-order valence-corrected chi connectivity index (χ0v) is 8.38. The van der Waals surface area contributed by atoms with Crippen LogP contribution in [0.15, 0.2) is 24.3 Å². The fraction of sp³-hybridized carbons (Fsp3) is 0.182. The minimum Gasteiger partial charge on any atom is -0.494 e. The Balaban J connectivity index is 3.22. The monoisotopic (exact) mass is 212 g/mol. The van der Waals surface area contributed by atoms with E-state index in [1.54, 1.807) is 6.92 Å². The van der Waals surface area contributed by atoms with Crippen molar-refractivity contribution in [2.45, 2.75) is 6.92 Å². The molecule has 0 bridgehead atoms. The van der Waals surface area contributed by atoms with Gasteiger partial charge in [-0.25, -0.2) is 4.39 Å². The molecule has 0 aliphatic heterocycles. The molecule has 0 saturated heterocycles. The fourth-order valence-corrected chi connectivity index (χ4v) is 1.10. The van der Waals surface area contributed by atoms with Crippen LogP contribution in [0.2, 0.25) is 0 Å². The van der Waals surface area contributed by atoms with Gasteiger partial charge < -0.3 is 4.74 Å². The van der Waals surface area contributed by atoms with Gasteiger partial charge >= 0.3 is 0 Å². The highest BCUT2D eigenvalue weighted by Gasteiger charge is 2.13. The number of allylic oxidation sites excluding steroid dienone is 2. The average molecular weight is 212 g/mol. The van der Waals surface area contributed by atoms with E-state index < -0.39 is 17.4 Å². The molecule has 0 heterocycles. The highest BCUT2D eigenvalue weighted by atomic mass is 19.2. The van der Waals surface area contributed by atoms with Crippen molar-refractivity contribution in [2.24, 2.45) is 0 Å². The first-order valence-corrected chi connectivity index (χ1v) is 4.30. The van der Waals surface area contributed by atoms with Crippen molar-refractivity contribution in [2.75, 3.05) is 7.11 Å². The molecule has 0 aliphatic rings. The van der Waals surface area contributed by atoms with Gasteiger partial charge in [-0.2, -0.15) is 4.39 Å². The number of hydrogen-bond acceptors (Lipinski definition) is 2. The third kappa shape index (κ3) is 2.40. The molecule has 1 rings (SSSR count). The summed E-state index contributed by atoms with van der Waals surface area (Å²) in [5, 5.41) is 0. The van der Waals surface area contributed by atoms with Gasteiger partial charge in [0.2, 0.25) is 5.82 Å². The maximum absolute atomic E-state index is 13.0. The van der Waals surface area contributed by atoms with E-state index in [9.17, 15) is 13.6 Å². The lowest BCUT2D eigenvalue weighted by Gasteiger charge is -2.04. The lowest BCUT2D eigenvalue weighted by molar-refractivity contribution is 0.104. The molecular weight excluding hydrogens is 202 g/mol. The Hall–Kier alpha value is -1.71. The summed E-state index contributed by atoms with van der Waals surface area (Å²) in [6.45, 7) is 1.66. The van der Waals surface area contributed by atoms with E-state index in [1.807, 2.05) is 0 Å². The maximum Gasteiger partial charge on any atom is 0.200 e. The van der Waals surface area contributed by atoms with E-state index in [1.165, 1.54) is 25.3 Å². The molecule has 0 saturated carbocycles. The van der Waals surface area contributed by atoms with Crippen molar-refractivity contribution in [3.63, 3.8) is 0 Å². The molecule has 1 aromatic carbocycles. The van der Waals surface area contributed by atoms with Crippen LogP contribution in [0.5, 0.6) is 5.75 Å². The molecule has 80 valence electrons. The number of rotatable bonds is 3. The summed E-state index contributed by atoms with van der Waals surface area (Å²) in [6, 6.07) is 2.01. The summed E-state index contributed by atoms with van der Waals surface area (Å²) in [7, 11) is 1.21. The summed E-state index contributed by atoms with van der Waals surface area (Å²) >= 11 is 0. The Morgan fingerprint density at radius 1 is 1.40 bits per heavy atom. The Morgan fingerprint density at radius 2 is 2.07 bits per heavy atom. The van der Waals surface area contributed by atoms with Crippen molar-refractivity contribution in [1.82, 2.24) is 0 Å². The van der Waals surface area contributed by atoms with Crippen molar-refractivity contribution < 1.29 is 18.3 Å². The van der Waals surface area contributed by atoms with Crippen LogP contribution in [0.25, 0.3) is 0 Å². The molecule has 15 heavy (non-hydrogen) atoms. The minimum absolute atomic E-state index is 0.0591. The van der Waals surface area contributed by atoms with E-state index >= 15 is 0 Å². The molecule has 0 aromatic heterocycles. The van der Waals surface area contributed by atoms with Crippen LogP contribution in [0, 0.1) is 11.6 Å². The summed E-state index contributed by atoms with van der Waals surface area (Å²) < 4.78 is 30.6. The average Bonchev–Trinajstić information content (AvgIpc) is 2.22. The molecule has 0 N–H and O–H groups in total. The van der Waals surface area contributed by atoms with E-state index in [0.29, 0.717) is 0 Å². The number of hydrogen-bond donors (Lipinski definition) is 0. The number of benzene rings is 1. The van der Waals surface area contributed by atoms with Gasteiger partial charge in [0.05, 0.1) is 7.11 Å². The largest absolute Gasteiger partial charge is 0.494 e. The van der Waals surface area contributed by atoms with E-state index in [0.717, 1.165) is 6.07 Å². The van der Waals surface area contributed by atoms with Crippen molar-refractivity contribution in [3.8, 4) is 5.75 Å². The van der Waals surface area contributed by atoms with E-state index in [4.69, 9.17) is 0 Å². The predicted molar refractivity (Wildman–Crippen MR) is 52.1 cm³/mol. The maximum atomic E-state index is 13.0. The Kier molecular flexibility index (Phi) is 3.55. The Morgan fingerprint density at radius 3 is 2.60 bits per heavy atom. The third-order valence-corrected chi connectivity index (χ3v) is 1.82. The summed E-state index contributed by atoms with van der Waals surface area (Å²) in [5.41, 5.74) is 0.0591. The number of methoxy groups -OCH3 is 1. The first kappa shape index (κ1) is 11.4. The zero-order valence-electron chi connectivity index (χ0n) is 8.38. The lowest BCUT2D eigenvalue weighted by atomic mass is 10.1. The molecular formula is C11H10F2O2. The molecule has 4 heteroatoms.